The van der Waals surface area contributed by atoms with E-state index in [1.54, 1.807) is 30.3 Å². The second kappa shape index (κ2) is 10.2. The average Bonchev–Trinajstić information content (AvgIpc) is 3.00. The van der Waals surface area contributed by atoms with Crippen LogP contribution in [0.15, 0.2) is 41.3 Å². The van der Waals surface area contributed by atoms with Crippen molar-refractivity contribution < 1.29 is 29.0 Å². The molecule has 0 spiro atoms. The second-order valence-electron chi connectivity index (χ2n) is 6.66. The quantitative estimate of drug-likeness (QED) is 0.363. The maximum absolute atomic E-state index is 12.5. The molecule has 0 aromatic heterocycles. The fourth-order valence-corrected chi connectivity index (χ4v) is 4.63. The molecule has 9 heteroatoms. The van der Waals surface area contributed by atoms with Gasteiger partial charge in [0.15, 0.2) is 11.5 Å². The molecule has 1 fully saturated rings. The van der Waals surface area contributed by atoms with Gasteiger partial charge >= 0.3 is 5.97 Å². The summed E-state index contributed by atoms with van der Waals surface area (Å²) in [6, 6.07) is 10.1. The number of ether oxygens (including phenoxy) is 2. The Labute approximate surface area is 197 Å². The van der Waals surface area contributed by atoms with Crippen molar-refractivity contribution in [3.8, 4) is 11.5 Å². The van der Waals surface area contributed by atoms with E-state index in [4.69, 9.17) is 14.6 Å². The molecule has 2 amide bonds. The summed E-state index contributed by atoms with van der Waals surface area (Å²) in [4.78, 5) is 37.3. The highest BCUT2D eigenvalue weighted by atomic mass is 127. The number of benzene rings is 2. The Bertz CT molecular complexity index is 1070. The molecule has 0 unspecified atom stereocenters. The Morgan fingerprint density at radius 3 is 2.71 bits per heavy atom. The lowest BCUT2D eigenvalue weighted by Gasteiger charge is -2.14. The van der Waals surface area contributed by atoms with Crippen LogP contribution >= 0.6 is 34.4 Å². The molecule has 1 heterocycles. The number of nitrogens with zero attached hydrogens (tertiary/aromatic N) is 1. The molecule has 0 saturated carbocycles. The van der Waals surface area contributed by atoms with E-state index in [2.05, 4.69) is 22.6 Å². The number of rotatable bonds is 8. The van der Waals surface area contributed by atoms with Gasteiger partial charge in [-0.25, -0.2) is 4.79 Å². The number of amides is 2. The number of imide groups is 1. The van der Waals surface area contributed by atoms with Crippen LogP contribution in [0.3, 0.4) is 0 Å². The van der Waals surface area contributed by atoms with Crippen molar-refractivity contribution >= 4 is 57.5 Å². The minimum absolute atomic E-state index is 0.169. The van der Waals surface area contributed by atoms with Crippen molar-refractivity contribution in [3.63, 3.8) is 0 Å². The van der Waals surface area contributed by atoms with Crippen molar-refractivity contribution in [2.45, 2.75) is 20.0 Å². The van der Waals surface area contributed by atoms with E-state index in [0.29, 0.717) is 40.5 Å². The highest BCUT2D eigenvalue weighted by Gasteiger charge is 2.34. The van der Waals surface area contributed by atoms with Crippen LogP contribution in [-0.2, 0) is 11.4 Å². The average molecular weight is 553 g/mol. The number of methoxy groups -OCH3 is 1. The molecule has 0 bridgehead atoms. The smallest absolute Gasteiger partial charge is 0.335 e. The molecular weight excluding hydrogens is 533 g/mol. The molecule has 0 atom stereocenters. The Morgan fingerprint density at radius 1 is 1.26 bits per heavy atom. The summed E-state index contributed by atoms with van der Waals surface area (Å²) in [5, 5.41) is 8.87. The molecule has 2 aromatic carbocycles. The Kier molecular flexibility index (Phi) is 7.60. The molecule has 1 saturated heterocycles. The first-order chi connectivity index (χ1) is 14.8. The maximum atomic E-state index is 12.5. The van der Waals surface area contributed by atoms with Gasteiger partial charge in [0.25, 0.3) is 11.1 Å². The third kappa shape index (κ3) is 5.40. The van der Waals surface area contributed by atoms with Crippen LogP contribution in [0.2, 0.25) is 0 Å². The van der Waals surface area contributed by atoms with Crippen LogP contribution in [-0.4, -0.2) is 40.8 Å². The van der Waals surface area contributed by atoms with E-state index >= 15 is 0 Å². The van der Waals surface area contributed by atoms with Crippen molar-refractivity contribution in [1.82, 2.24) is 4.90 Å². The molecule has 1 aliphatic heterocycles. The minimum Gasteiger partial charge on any atom is -0.493 e. The third-order valence-electron chi connectivity index (χ3n) is 4.43. The van der Waals surface area contributed by atoms with Crippen molar-refractivity contribution in [2.75, 3.05) is 13.7 Å². The van der Waals surface area contributed by atoms with Gasteiger partial charge in [-0.05, 0) is 82.2 Å². The number of carbonyl (C=O) groups excluding carboxylic acids is 2. The lowest BCUT2D eigenvalue weighted by atomic mass is 10.1. The van der Waals surface area contributed by atoms with E-state index in [1.807, 2.05) is 13.0 Å². The van der Waals surface area contributed by atoms with Crippen LogP contribution in [0.4, 0.5) is 4.79 Å². The first kappa shape index (κ1) is 23.1. The zero-order chi connectivity index (χ0) is 22.5. The molecule has 1 N–H and O–H groups in total. The number of thioether (sulfide) groups is 1. The van der Waals surface area contributed by atoms with Crippen LogP contribution < -0.4 is 9.47 Å². The number of halogens is 1. The molecule has 3 rings (SSSR count). The van der Waals surface area contributed by atoms with E-state index in [9.17, 15) is 14.4 Å². The van der Waals surface area contributed by atoms with Gasteiger partial charge < -0.3 is 14.6 Å². The molecule has 0 aliphatic carbocycles. The summed E-state index contributed by atoms with van der Waals surface area (Å²) in [6.45, 7) is 2.48. The van der Waals surface area contributed by atoms with E-state index in [-0.39, 0.29) is 23.3 Å². The van der Waals surface area contributed by atoms with Crippen LogP contribution in [0.5, 0.6) is 11.5 Å². The Morgan fingerprint density at radius 2 is 2.03 bits per heavy atom. The Hall–Kier alpha value is -2.53. The highest BCUT2D eigenvalue weighted by Crippen LogP contribution is 2.37. The second-order valence-corrected chi connectivity index (χ2v) is 8.82. The molecule has 2 aromatic rings. The number of hydrogen-bond acceptors (Lipinski definition) is 6. The van der Waals surface area contributed by atoms with Crippen molar-refractivity contribution in [2.24, 2.45) is 0 Å². The first-order valence-corrected chi connectivity index (χ1v) is 11.3. The summed E-state index contributed by atoms with van der Waals surface area (Å²) in [5.74, 6) is -0.299. The monoisotopic (exact) mass is 553 g/mol. The maximum Gasteiger partial charge on any atom is 0.335 e. The van der Waals surface area contributed by atoms with Gasteiger partial charge in [-0.2, -0.15) is 0 Å². The summed E-state index contributed by atoms with van der Waals surface area (Å²) in [6.07, 6.45) is 2.38. The van der Waals surface area contributed by atoms with Gasteiger partial charge in [-0.15, -0.1) is 0 Å². The fourth-order valence-electron chi connectivity index (χ4n) is 2.98. The lowest BCUT2D eigenvalue weighted by Crippen LogP contribution is -2.28. The third-order valence-corrected chi connectivity index (χ3v) is 6.14. The molecular formula is C22H20INO6S. The SMILES string of the molecule is CCCN1C(=O)S/C(=C/c2cc(I)c(OCc3cccc(C(=O)O)c3)c(OC)c2)C1=O. The van der Waals surface area contributed by atoms with E-state index < -0.39 is 5.97 Å². The van der Waals surface area contributed by atoms with E-state index in [0.717, 1.165) is 15.3 Å². The van der Waals surface area contributed by atoms with Crippen molar-refractivity contribution in [1.29, 1.82) is 0 Å². The zero-order valence-corrected chi connectivity index (χ0v) is 19.9. The standard InChI is InChI=1S/C22H20INO6S/c1-3-7-24-20(25)18(31-22(24)28)11-14-9-16(23)19(17(10-14)29-2)30-12-13-5-4-6-15(8-13)21(26)27/h4-6,8-11H,3,7,12H2,1-2H3,(H,26,27)/b18-11+. The summed E-state index contributed by atoms with van der Waals surface area (Å²) < 4.78 is 12.1. The normalized spacial score (nSPS) is 14.9. The van der Waals surface area contributed by atoms with Crippen molar-refractivity contribution in [3.05, 3.63) is 61.6 Å². The number of carboxylic acids is 1. The predicted molar refractivity (Wildman–Crippen MR) is 126 cm³/mol. The number of hydrogen-bond donors (Lipinski definition) is 1. The van der Waals surface area contributed by atoms with Gasteiger partial charge in [-0.3, -0.25) is 14.5 Å². The highest BCUT2D eigenvalue weighted by molar-refractivity contribution is 14.1. The van der Waals surface area contributed by atoms with Gasteiger partial charge in [0.05, 0.1) is 21.1 Å². The number of carbonyl (C=O) groups is 3. The largest absolute Gasteiger partial charge is 0.493 e. The molecule has 162 valence electrons. The lowest BCUT2D eigenvalue weighted by molar-refractivity contribution is -0.122. The topological polar surface area (TPSA) is 93.1 Å². The molecule has 0 radical (unpaired) electrons. The zero-order valence-electron chi connectivity index (χ0n) is 16.9. The number of aromatic carboxylic acids is 1. The summed E-state index contributed by atoms with van der Waals surface area (Å²) >= 11 is 3.04. The van der Waals surface area contributed by atoms with Crippen LogP contribution in [0, 0.1) is 3.57 Å². The van der Waals surface area contributed by atoms with Gasteiger partial charge in [0.2, 0.25) is 0 Å². The molecule has 1 aliphatic rings. The van der Waals surface area contributed by atoms with Gasteiger partial charge in [-0.1, -0.05) is 19.1 Å². The van der Waals surface area contributed by atoms with Gasteiger partial charge in [0.1, 0.15) is 6.61 Å². The van der Waals surface area contributed by atoms with Crippen LogP contribution in [0.25, 0.3) is 6.08 Å². The minimum atomic E-state index is -0.998. The van der Waals surface area contributed by atoms with Gasteiger partial charge in [0, 0.05) is 6.54 Å². The molecule has 31 heavy (non-hydrogen) atoms. The Balaban J connectivity index is 1.82. The molecule has 7 nitrogen and oxygen atoms in total. The van der Waals surface area contributed by atoms with Crippen LogP contribution in [0.1, 0.15) is 34.8 Å². The summed E-state index contributed by atoms with van der Waals surface area (Å²) in [7, 11) is 1.52. The number of carboxylic acid groups (broad SMARTS) is 1. The fraction of sp³-hybridized carbons (Fsp3) is 0.227. The summed E-state index contributed by atoms with van der Waals surface area (Å²) in [5.41, 5.74) is 1.62. The predicted octanol–water partition coefficient (Wildman–Crippen LogP) is 5.02. The first-order valence-electron chi connectivity index (χ1n) is 9.42. The van der Waals surface area contributed by atoms with E-state index in [1.165, 1.54) is 18.1 Å².